The van der Waals surface area contributed by atoms with Crippen molar-refractivity contribution in [3.8, 4) is 53.9 Å². The molecule has 0 aliphatic carbocycles. The van der Waals surface area contributed by atoms with Crippen LogP contribution in [0, 0.1) is 0 Å². The third-order valence-corrected chi connectivity index (χ3v) is 7.28. The van der Waals surface area contributed by atoms with Crippen LogP contribution in [-0.2, 0) is 0 Å². The molecule has 6 rings (SSSR count). The Morgan fingerprint density at radius 1 is 0.471 bits per heavy atom. The minimum atomic E-state index is 0.506. The number of hydrogen-bond acceptors (Lipinski definition) is 10. The smallest absolute Gasteiger partial charge is 0.200 e. The molecule has 34 heavy (non-hydrogen) atoms. The molecule has 0 bridgehead atoms. The summed E-state index contributed by atoms with van der Waals surface area (Å²) < 4.78 is 0. The lowest BCUT2D eigenvalue weighted by Crippen LogP contribution is -1.95. The van der Waals surface area contributed by atoms with E-state index in [1.807, 2.05) is 36.4 Å². The molecule has 10 heteroatoms. The predicted octanol–water partition coefficient (Wildman–Crippen LogP) is 5.30. The molecule has 0 amide bonds. The molecule has 0 saturated carbocycles. The third-order valence-electron chi connectivity index (χ3n) is 4.87. The van der Waals surface area contributed by atoms with Crippen LogP contribution >= 0.6 is 22.7 Å². The molecule has 0 aliphatic rings. The fraction of sp³-hybridized carbons (Fsp3) is 0. The Hall–Kier alpha value is -4.28. The Bertz CT molecular complexity index is 1450. The number of hydrogen-bond donors (Lipinski definition) is 0. The number of rotatable bonds is 5. The molecule has 0 spiro atoms. The minimum absolute atomic E-state index is 0.506. The second kappa shape index (κ2) is 8.93. The monoisotopic (exact) mass is 478 g/mol. The molecule has 0 unspecified atom stereocenters. The molecule has 0 atom stereocenters. The molecule has 0 aliphatic heterocycles. The van der Waals surface area contributed by atoms with E-state index in [4.69, 9.17) is 0 Å². The predicted molar refractivity (Wildman–Crippen MR) is 132 cm³/mol. The zero-order valence-electron chi connectivity index (χ0n) is 17.5. The van der Waals surface area contributed by atoms with Gasteiger partial charge in [-0.05, 0) is 48.5 Å². The Balaban J connectivity index is 1.28. The minimum Gasteiger partial charge on any atom is -0.253 e. The summed E-state index contributed by atoms with van der Waals surface area (Å²) in [6, 6.07) is 19.6. The summed E-state index contributed by atoms with van der Waals surface area (Å²) in [6.07, 6.45) is 6.78. The summed E-state index contributed by atoms with van der Waals surface area (Å²) >= 11 is 3.31. The maximum atomic E-state index is 4.66. The fourth-order valence-corrected chi connectivity index (χ4v) is 5.28. The summed E-state index contributed by atoms with van der Waals surface area (Å²) in [7, 11) is 0. The number of aromatic nitrogens is 8. The molecule has 6 aromatic rings. The van der Waals surface area contributed by atoms with Crippen molar-refractivity contribution >= 4 is 22.7 Å². The van der Waals surface area contributed by atoms with E-state index < -0.39 is 0 Å². The molecule has 8 nitrogen and oxygen atoms in total. The van der Waals surface area contributed by atoms with Crippen molar-refractivity contribution in [1.82, 2.24) is 40.3 Å². The van der Waals surface area contributed by atoms with Crippen molar-refractivity contribution < 1.29 is 0 Å². The molecule has 162 valence electrons. The van der Waals surface area contributed by atoms with Crippen LogP contribution in [0.1, 0.15) is 0 Å². The molecule has 0 radical (unpaired) electrons. The first-order chi connectivity index (χ1) is 16.8. The first kappa shape index (κ1) is 20.3. The second-order valence-electron chi connectivity index (χ2n) is 7.09. The van der Waals surface area contributed by atoms with Gasteiger partial charge in [-0.1, -0.05) is 12.1 Å². The normalized spacial score (nSPS) is 10.9. The fourth-order valence-electron chi connectivity index (χ4n) is 3.27. The highest BCUT2D eigenvalue weighted by atomic mass is 32.1. The maximum Gasteiger partial charge on any atom is 0.200 e. The Morgan fingerprint density at radius 2 is 0.941 bits per heavy atom. The van der Waals surface area contributed by atoms with Crippen LogP contribution in [0.4, 0.5) is 0 Å². The lowest BCUT2D eigenvalue weighted by molar-refractivity contribution is 0.976. The van der Waals surface area contributed by atoms with Gasteiger partial charge in [0.05, 0.1) is 22.1 Å². The number of thiophene rings is 2. The van der Waals surface area contributed by atoms with Crippen molar-refractivity contribution in [2.75, 3.05) is 0 Å². The topological polar surface area (TPSA) is 103 Å². The summed E-state index contributed by atoms with van der Waals surface area (Å²) in [5.41, 5.74) is 2.92. The Kier molecular flexibility index (Phi) is 5.34. The number of pyridine rings is 2. The molecule has 0 N–H and O–H groups in total. The average molecular weight is 479 g/mol. The van der Waals surface area contributed by atoms with Gasteiger partial charge in [-0.15, -0.1) is 32.9 Å². The van der Waals surface area contributed by atoms with Gasteiger partial charge in [0.1, 0.15) is 22.8 Å². The quantitative estimate of drug-likeness (QED) is 0.329. The number of nitrogens with zero attached hydrogens (tertiary/aromatic N) is 8. The summed E-state index contributed by atoms with van der Waals surface area (Å²) in [5, 5.41) is 16.5. The molecule has 0 fully saturated rings. The van der Waals surface area contributed by atoms with Crippen molar-refractivity contribution in [3.63, 3.8) is 0 Å². The zero-order valence-corrected chi connectivity index (χ0v) is 19.1. The Labute approximate surface area is 202 Å². The second-order valence-corrected chi connectivity index (χ2v) is 9.26. The SMILES string of the molecule is c1ccc(-c2nncc(-c3ccc(-c4ccc(-c5cnnc(-c6ccccn6)n5)s4)s3)n2)nc1. The van der Waals surface area contributed by atoms with Gasteiger partial charge in [-0.25, -0.2) is 9.97 Å². The van der Waals surface area contributed by atoms with E-state index in [9.17, 15) is 0 Å². The highest BCUT2D eigenvalue weighted by molar-refractivity contribution is 7.25. The van der Waals surface area contributed by atoms with Gasteiger partial charge in [0.25, 0.3) is 0 Å². The summed E-state index contributed by atoms with van der Waals surface area (Å²) in [6.45, 7) is 0. The largest absolute Gasteiger partial charge is 0.253 e. The van der Waals surface area contributed by atoms with Crippen LogP contribution in [0.25, 0.3) is 53.9 Å². The summed E-state index contributed by atoms with van der Waals surface area (Å²) in [4.78, 5) is 22.2. The van der Waals surface area contributed by atoms with Gasteiger partial charge in [0, 0.05) is 22.1 Å². The molecular weight excluding hydrogens is 464 g/mol. The van der Waals surface area contributed by atoms with E-state index in [1.165, 1.54) is 0 Å². The van der Waals surface area contributed by atoms with Gasteiger partial charge in [0.2, 0.25) is 11.6 Å². The van der Waals surface area contributed by atoms with Gasteiger partial charge >= 0.3 is 0 Å². The third kappa shape index (κ3) is 4.07. The highest BCUT2D eigenvalue weighted by Crippen LogP contribution is 2.39. The van der Waals surface area contributed by atoms with Crippen LogP contribution in [0.15, 0.2) is 85.5 Å². The lowest BCUT2D eigenvalue weighted by Gasteiger charge is -2.00. The van der Waals surface area contributed by atoms with Crippen LogP contribution in [-0.4, -0.2) is 40.3 Å². The first-order valence-electron chi connectivity index (χ1n) is 10.3. The van der Waals surface area contributed by atoms with Crippen LogP contribution in [0.3, 0.4) is 0 Å². The van der Waals surface area contributed by atoms with E-state index in [-0.39, 0.29) is 0 Å². The molecule has 0 aromatic carbocycles. The molecule has 6 aromatic heterocycles. The molecule has 6 heterocycles. The maximum absolute atomic E-state index is 4.66. The standard InChI is InChI=1S/C24H14N8S2/c1-3-11-25-15(5-1)23-29-17(13-27-31-23)19-7-9-21(33-19)22-10-8-20(34-22)18-14-28-32-24(30-18)16-6-2-4-12-26-16/h1-14H. The van der Waals surface area contributed by atoms with Crippen molar-refractivity contribution in [3.05, 3.63) is 85.5 Å². The molecular formula is C24H14N8S2. The zero-order chi connectivity index (χ0) is 22.7. The van der Waals surface area contributed by atoms with Gasteiger partial charge in [-0.3, -0.25) is 9.97 Å². The van der Waals surface area contributed by atoms with Crippen LogP contribution in [0.5, 0.6) is 0 Å². The van der Waals surface area contributed by atoms with Crippen molar-refractivity contribution in [2.24, 2.45) is 0 Å². The van der Waals surface area contributed by atoms with E-state index in [0.717, 1.165) is 30.9 Å². The highest BCUT2D eigenvalue weighted by Gasteiger charge is 2.13. The Morgan fingerprint density at radius 3 is 1.38 bits per heavy atom. The first-order valence-corrected chi connectivity index (χ1v) is 11.9. The van der Waals surface area contributed by atoms with Gasteiger partial charge in [0.15, 0.2) is 0 Å². The van der Waals surface area contributed by atoms with Crippen LogP contribution in [0.2, 0.25) is 0 Å². The van der Waals surface area contributed by atoms with E-state index >= 15 is 0 Å². The lowest BCUT2D eigenvalue weighted by atomic mass is 10.3. The molecule has 0 saturated heterocycles. The van der Waals surface area contributed by atoms with Crippen molar-refractivity contribution in [1.29, 1.82) is 0 Å². The van der Waals surface area contributed by atoms with E-state index in [2.05, 4.69) is 64.6 Å². The van der Waals surface area contributed by atoms with Crippen LogP contribution < -0.4 is 0 Å². The van der Waals surface area contributed by atoms with Gasteiger partial charge in [-0.2, -0.15) is 10.2 Å². The van der Waals surface area contributed by atoms with Gasteiger partial charge < -0.3 is 0 Å². The summed E-state index contributed by atoms with van der Waals surface area (Å²) in [5.74, 6) is 1.01. The van der Waals surface area contributed by atoms with Crippen molar-refractivity contribution in [2.45, 2.75) is 0 Å². The van der Waals surface area contributed by atoms with E-state index in [0.29, 0.717) is 23.0 Å². The average Bonchev–Trinajstić information content (AvgIpc) is 3.60. The van der Waals surface area contributed by atoms with E-state index in [1.54, 1.807) is 47.5 Å².